The largest absolute Gasteiger partial charge is 0.481 e. The van der Waals surface area contributed by atoms with Crippen LogP contribution in [-0.2, 0) is 0 Å². The van der Waals surface area contributed by atoms with Crippen molar-refractivity contribution in [2.75, 3.05) is 7.11 Å². The van der Waals surface area contributed by atoms with Crippen LogP contribution in [0, 0.1) is 5.92 Å². The zero-order valence-corrected chi connectivity index (χ0v) is 10.2. The summed E-state index contributed by atoms with van der Waals surface area (Å²) in [5.74, 6) is 0.967. The van der Waals surface area contributed by atoms with Crippen molar-refractivity contribution in [3.63, 3.8) is 0 Å². The number of ether oxygens (including phenoxy) is 1. The lowest BCUT2D eigenvalue weighted by molar-refractivity contribution is 0.380. The highest BCUT2D eigenvalue weighted by molar-refractivity contribution is 9.10. The van der Waals surface area contributed by atoms with Crippen LogP contribution in [0.2, 0.25) is 0 Å². The maximum Gasteiger partial charge on any atom is 0.217 e. The van der Waals surface area contributed by atoms with Crippen LogP contribution in [0.3, 0.4) is 0 Å². The van der Waals surface area contributed by atoms with Crippen LogP contribution in [0.15, 0.2) is 16.7 Å². The minimum absolute atomic E-state index is 0.0463. The monoisotopic (exact) mass is 258 g/mol. The van der Waals surface area contributed by atoms with E-state index in [2.05, 4.69) is 34.8 Å². The van der Waals surface area contributed by atoms with E-state index in [0.717, 1.165) is 10.0 Å². The van der Waals surface area contributed by atoms with Crippen molar-refractivity contribution in [2.24, 2.45) is 11.7 Å². The Bertz CT molecular complexity index is 315. The first-order chi connectivity index (χ1) is 6.56. The van der Waals surface area contributed by atoms with Gasteiger partial charge in [-0.1, -0.05) is 13.8 Å². The molecule has 0 spiro atoms. The van der Waals surface area contributed by atoms with E-state index in [0.29, 0.717) is 11.8 Å². The lowest BCUT2D eigenvalue weighted by atomic mass is 9.98. The maximum atomic E-state index is 6.04. The highest BCUT2D eigenvalue weighted by Crippen LogP contribution is 2.28. The van der Waals surface area contributed by atoms with Gasteiger partial charge in [-0.05, 0) is 27.9 Å². The number of hydrogen-bond acceptors (Lipinski definition) is 3. The van der Waals surface area contributed by atoms with E-state index in [1.165, 1.54) is 0 Å². The van der Waals surface area contributed by atoms with Gasteiger partial charge < -0.3 is 10.5 Å². The van der Waals surface area contributed by atoms with E-state index < -0.39 is 0 Å². The number of hydrogen-bond donors (Lipinski definition) is 1. The normalized spacial score (nSPS) is 13.0. The molecule has 4 heteroatoms. The van der Waals surface area contributed by atoms with Gasteiger partial charge in [0.05, 0.1) is 7.11 Å². The molecule has 0 saturated carbocycles. The average molecular weight is 259 g/mol. The van der Waals surface area contributed by atoms with Crippen molar-refractivity contribution < 1.29 is 4.74 Å². The highest BCUT2D eigenvalue weighted by Gasteiger charge is 2.16. The van der Waals surface area contributed by atoms with Gasteiger partial charge in [-0.15, -0.1) is 0 Å². The summed E-state index contributed by atoms with van der Waals surface area (Å²) < 4.78 is 6.08. The molecule has 3 nitrogen and oxygen atoms in total. The van der Waals surface area contributed by atoms with E-state index in [-0.39, 0.29) is 6.04 Å². The third-order valence-electron chi connectivity index (χ3n) is 2.12. The fourth-order valence-electron chi connectivity index (χ4n) is 1.21. The Morgan fingerprint density at radius 1 is 1.50 bits per heavy atom. The Labute approximate surface area is 92.8 Å². The molecule has 0 aliphatic rings. The maximum absolute atomic E-state index is 6.04. The Morgan fingerprint density at radius 3 is 2.64 bits per heavy atom. The molecule has 0 amide bonds. The molecule has 0 radical (unpaired) electrons. The van der Waals surface area contributed by atoms with Crippen molar-refractivity contribution in [1.82, 2.24) is 4.98 Å². The molecule has 0 aromatic carbocycles. The van der Waals surface area contributed by atoms with Crippen LogP contribution in [0.25, 0.3) is 0 Å². The number of nitrogens with zero attached hydrogens (tertiary/aromatic N) is 1. The Hall–Kier alpha value is -0.610. The minimum atomic E-state index is -0.0463. The van der Waals surface area contributed by atoms with Gasteiger partial charge >= 0.3 is 0 Å². The lowest BCUT2D eigenvalue weighted by Gasteiger charge is -2.18. The van der Waals surface area contributed by atoms with Gasteiger partial charge in [-0.2, -0.15) is 0 Å². The molecule has 1 aromatic rings. The second-order valence-electron chi connectivity index (χ2n) is 3.52. The summed E-state index contributed by atoms with van der Waals surface area (Å²) in [5.41, 5.74) is 6.98. The van der Waals surface area contributed by atoms with E-state index >= 15 is 0 Å². The smallest absolute Gasteiger partial charge is 0.217 e. The summed E-state index contributed by atoms with van der Waals surface area (Å²) in [5, 5.41) is 0. The Balaban J connectivity index is 3.10. The number of nitrogens with two attached hydrogens (primary N) is 1. The molecule has 2 N–H and O–H groups in total. The van der Waals surface area contributed by atoms with E-state index in [4.69, 9.17) is 10.5 Å². The van der Waals surface area contributed by atoms with Gasteiger partial charge in [0.2, 0.25) is 5.88 Å². The van der Waals surface area contributed by atoms with E-state index in [9.17, 15) is 0 Å². The van der Waals surface area contributed by atoms with Crippen LogP contribution < -0.4 is 10.5 Å². The van der Waals surface area contributed by atoms with E-state index in [1.54, 1.807) is 13.3 Å². The Morgan fingerprint density at radius 2 is 2.14 bits per heavy atom. The second kappa shape index (κ2) is 4.75. The number of rotatable bonds is 3. The Kier molecular flexibility index (Phi) is 3.89. The first-order valence-corrected chi connectivity index (χ1v) is 5.30. The third kappa shape index (κ3) is 2.45. The van der Waals surface area contributed by atoms with Crippen LogP contribution in [0.5, 0.6) is 5.88 Å². The summed E-state index contributed by atoms with van der Waals surface area (Å²) >= 11 is 3.37. The molecule has 1 unspecified atom stereocenters. The van der Waals surface area contributed by atoms with Gasteiger partial charge in [0.25, 0.3) is 0 Å². The second-order valence-corrected chi connectivity index (χ2v) is 4.44. The first kappa shape index (κ1) is 11.5. The molecule has 78 valence electrons. The molecule has 1 heterocycles. The minimum Gasteiger partial charge on any atom is -0.481 e. The van der Waals surface area contributed by atoms with Gasteiger partial charge in [-0.25, -0.2) is 4.98 Å². The zero-order chi connectivity index (χ0) is 10.7. The fourth-order valence-corrected chi connectivity index (χ4v) is 1.56. The van der Waals surface area contributed by atoms with Gasteiger partial charge in [0.15, 0.2) is 0 Å². The van der Waals surface area contributed by atoms with Gasteiger partial charge in [0, 0.05) is 22.3 Å². The van der Waals surface area contributed by atoms with Crippen molar-refractivity contribution in [2.45, 2.75) is 19.9 Å². The third-order valence-corrected chi connectivity index (χ3v) is 2.55. The van der Waals surface area contributed by atoms with Crippen molar-refractivity contribution >= 4 is 15.9 Å². The van der Waals surface area contributed by atoms with Crippen LogP contribution >= 0.6 is 15.9 Å². The predicted octanol–water partition coefficient (Wildman–Crippen LogP) is 2.51. The summed E-state index contributed by atoms with van der Waals surface area (Å²) in [6.07, 6.45) is 1.70. The molecule has 1 atom stereocenters. The van der Waals surface area contributed by atoms with Gasteiger partial charge in [-0.3, -0.25) is 0 Å². The molecule has 0 bridgehead atoms. The SMILES string of the molecule is COc1ncc(Br)cc1C(N)C(C)C. The summed E-state index contributed by atoms with van der Waals surface area (Å²) in [7, 11) is 1.60. The molecule has 14 heavy (non-hydrogen) atoms. The molecular formula is C10H15BrN2O. The van der Waals surface area contributed by atoms with E-state index in [1.807, 2.05) is 6.07 Å². The van der Waals surface area contributed by atoms with Crippen LogP contribution in [0.1, 0.15) is 25.5 Å². The fraction of sp³-hybridized carbons (Fsp3) is 0.500. The summed E-state index contributed by atoms with van der Waals surface area (Å²) in [6.45, 7) is 4.15. The first-order valence-electron chi connectivity index (χ1n) is 4.51. The number of methoxy groups -OCH3 is 1. The highest BCUT2D eigenvalue weighted by atomic mass is 79.9. The summed E-state index contributed by atoms with van der Waals surface area (Å²) in [4.78, 5) is 4.15. The predicted molar refractivity (Wildman–Crippen MR) is 60.3 cm³/mol. The van der Waals surface area contributed by atoms with Gasteiger partial charge in [0.1, 0.15) is 0 Å². The van der Waals surface area contributed by atoms with Crippen molar-refractivity contribution in [3.8, 4) is 5.88 Å². The molecule has 0 saturated heterocycles. The lowest BCUT2D eigenvalue weighted by Crippen LogP contribution is -2.18. The molecule has 0 aliphatic carbocycles. The number of pyridine rings is 1. The average Bonchev–Trinajstić information content (AvgIpc) is 2.16. The molecule has 0 fully saturated rings. The number of aromatic nitrogens is 1. The zero-order valence-electron chi connectivity index (χ0n) is 8.62. The standard InChI is InChI=1S/C10H15BrN2O/c1-6(2)9(12)8-4-7(11)5-13-10(8)14-3/h4-6,9H,12H2,1-3H3. The molecule has 0 aliphatic heterocycles. The molecule has 1 aromatic heterocycles. The van der Waals surface area contributed by atoms with Crippen LogP contribution in [-0.4, -0.2) is 12.1 Å². The van der Waals surface area contributed by atoms with Crippen molar-refractivity contribution in [3.05, 3.63) is 22.3 Å². The topological polar surface area (TPSA) is 48.1 Å². The number of halogens is 1. The molecule has 1 rings (SSSR count). The van der Waals surface area contributed by atoms with Crippen LogP contribution in [0.4, 0.5) is 0 Å². The molecular weight excluding hydrogens is 244 g/mol. The van der Waals surface area contributed by atoms with Crippen molar-refractivity contribution in [1.29, 1.82) is 0 Å². The quantitative estimate of drug-likeness (QED) is 0.907. The summed E-state index contributed by atoms with van der Waals surface area (Å²) in [6, 6.07) is 1.91.